The van der Waals surface area contributed by atoms with Gasteiger partial charge in [-0.1, -0.05) is 24.3 Å². The van der Waals surface area contributed by atoms with Crippen LogP contribution in [0.15, 0.2) is 24.3 Å². The molecule has 0 spiro atoms. The molecule has 3 aliphatic rings. The van der Waals surface area contributed by atoms with Crippen molar-refractivity contribution in [3.8, 4) is 0 Å². The summed E-state index contributed by atoms with van der Waals surface area (Å²) in [5.74, 6) is 1.99. The van der Waals surface area contributed by atoms with Crippen molar-refractivity contribution >= 4 is 5.78 Å². The first-order chi connectivity index (χ1) is 9.84. The Morgan fingerprint density at radius 1 is 1.25 bits per heavy atom. The summed E-state index contributed by atoms with van der Waals surface area (Å²) in [4.78, 5) is 12.5. The molecule has 4 unspecified atom stereocenters. The summed E-state index contributed by atoms with van der Waals surface area (Å²) in [5, 5.41) is 0. The number of Topliss-reactive ketones (excluding diaryl/α,β-unsaturated/α-hetero) is 1. The van der Waals surface area contributed by atoms with Crippen LogP contribution in [0.2, 0.25) is 0 Å². The topological polar surface area (TPSA) is 26.3 Å². The fourth-order valence-corrected chi connectivity index (χ4v) is 4.35. The van der Waals surface area contributed by atoms with Gasteiger partial charge < -0.3 is 4.74 Å². The molecule has 0 radical (unpaired) electrons. The number of rotatable bonds is 4. The number of aryl methyl sites for hydroxylation is 1. The van der Waals surface area contributed by atoms with Crippen molar-refractivity contribution in [2.45, 2.75) is 50.5 Å². The Bertz CT molecular complexity index is 516. The zero-order valence-corrected chi connectivity index (χ0v) is 11.9. The van der Waals surface area contributed by atoms with E-state index in [1.54, 1.807) is 0 Å². The molecule has 0 bridgehead atoms. The van der Waals surface area contributed by atoms with E-state index in [4.69, 9.17) is 4.74 Å². The number of carbonyl (C=O) groups is 1. The monoisotopic (exact) mass is 270 g/mol. The summed E-state index contributed by atoms with van der Waals surface area (Å²) in [6.45, 7) is 0.890. The van der Waals surface area contributed by atoms with E-state index in [1.807, 2.05) is 0 Å². The van der Waals surface area contributed by atoms with Gasteiger partial charge in [0.15, 0.2) is 0 Å². The predicted octanol–water partition coefficient (Wildman–Crippen LogP) is 3.49. The molecule has 2 fully saturated rings. The summed E-state index contributed by atoms with van der Waals surface area (Å²) >= 11 is 0. The molecule has 1 saturated carbocycles. The van der Waals surface area contributed by atoms with Crippen LogP contribution in [-0.4, -0.2) is 18.5 Å². The highest BCUT2D eigenvalue weighted by atomic mass is 16.5. The molecular formula is C18H22O2. The van der Waals surface area contributed by atoms with E-state index in [-0.39, 0.29) is 0 Å². The van der Waals surface area contributed by atoms with Gasteiger partial charge in [-0.25, -0.2) is 0 Å². The van der Waals surface area contributed by atoms with Crippen molar-refractivity contribution in [2.75, 3.05) is 6.61 Å². The highest BCUT2D eigenvalue weighted by molar-refractivity contribution is 5.86. The fourth-order valence-electron chi connectivity index (χ4n) is 4.35. The van der Waals surface area contributed by atoms with Crippen molar-refractivity contribution in [3.63, 3.8) is 0 Å². The number of carbonyl (C=O) groups excluding carboxylic acids is 1. The maximum absolute atomic E-state index is 12.5. The molecule has 1 aromatic rings. The lowest BCUT2D eigenvalue weighted by Crippen LogP contribution is -2.10. The maximum Gasteiger partial charge on any atom is 0.136 e. The van der Waals surface area contributed by atoms with E-state index in [1.165, 1.54) is 24.0 Å². The van der Waals surface area contributed by atoms with Gasteiger partial charge in [-0.05, 0) is 55.1 Å². The van der Waals surface area contributed by atoms with Crippen LogP contribution < -0.4 is 0 Å². The van der Waals surface area contributed by atoms with Gasteiger partial charge in [0, 0.05) is 18.9 Å². The van der Waals surface area contributed by atoms with Gasteiger partial charge in [0.2, 0.25) is 0 Å². The molecular weight excluding hydrogens is 248 g/mol. The normalized spacial score (nSPS) is 34.4. The molecule has 0 N–H and O–H groups in total. The van der Waals surface area contributed by atoms with Crippen LogP contribution in [0, 0.1) is 11.8 Å². The minimum atomic E-state index is 0.319. The smallest absolute Gasteiger partial charge is 0.136 e. The third kappa shape index (κ3) is 2.10. The predicted molar refractivity (Wildman–Crippen MR) is 77.7 cm³/mol. The summed E-state index contributed by atoms with van der Waals surface area (Å²) in [7, 11) is 0. The molecule has 2 aliphatic carbocycles. The minimum absolute atomic E-state index is 0.319. The lowest BCUT2D eigenvalue weighted by Gasteiger charge is -2.13. The molecule has 0 aromatic heterocycles. The van der Waals surface area contributed by atoms with Gasteiger partial charge in [-0.3, -0.25) is 4.79 Å². The second kappa shape index (κ2) is 5.00. The molecule has 1 aliphatic heterocycles. The highest BCUT2D eigenvalue weighted by Crippen LogP contribution is 2.60. The first-order valence-corrected chi connectivity index (χ1v) is 8.07. The molecule has 106 valence electrons. The van der Waals surface area contributed by atoms with Gasteiger partial charge in [-0.15, -0.1) is 0 Å². The summed E-state index contributed by atoms with van der Waals surface area (Å²) in [6, 6.07) is 8.71. The Hall–Kier alpha value is -1.15. The number of hydrogen-bond acceptors (Lipinski definition) is 2. The van der Waals surface area contributed by atoms with Crippen LogP contribution >= 0.6 is 0 Å². The standard InChI is InChI=1S/C18H22O2/c19-16(10-8-13-5-3-11-20-13)18-15-9-7-12-4-1-2-6-14(12)17(15)18/h1-2,4,6,13,15,17-18H,3,5,7-11H2. The average molecular weight is 270 g/mol. The van der Waals surface area contributed by atoms with Crippen LogP contribution in [0.4, 0.5) is 0 Å². The third-order valence-corrected chi connectivity index (χ3v) is 5.44. The van der Waals surface area contributed by atoms with Crippen LogP contribution in [0.5, 0.6) is 0 Å². The van der Waals surface area contributed by atoms with E-state index in [2.05, 4.69) is 24.3 Å². The van der Waals surface area contributed by atoms with Crippen molar-refractivity contribution in [1.29, 1.82) is 0 Å². The Morgan fingerprint density at radius 2 is 2.15 bits per heavy atom. The molecule has 4 rings (SSSR count). The van der Waals surface area contributed by atoms with Gasteiger partial charge >= 0.3 is 0 Å². The molecule has 4 atom stereocenters. The van der Waals surface area contributed by atoms with Crippen molar-refractivity contribution in [3.05, 3.63) is 35.4 Å². The lowest BCUT2D eigenvalue weighted by atomic mass is 9.92. The van der Waals surface area contributed by atoms with Crippen LogP contribution in [-0.2, 0) is 16.0 Å². The minimum Gasteiger partial charge on any atom is -0.378 e. The van der Waals surface area contributed by atoms with Crippen LogP contribution in [0.1, 0.15) is 49.1 Å². The summed E-state index contributed by atoms with van der Waals surface area (Å²) < 4.78 is 5.63. The third-order valence-electron chi connectivity index (χ3n) is 5.44. The summed E-state index contributed by atoms with van der Waals surface area (Å²) in [6.07, 6.45) is 6.70. The molecule has 2 heteroatoms. The van der Waals surface area contributed by atoms with E-state index in [0.717, 1.165) is 32.3 Å². The first-order valence-electron chi connectivity index (χ1n) is 8.07. The molecule has 1 aromatic carbocycles. The molecule has 2 nitrogen and oxygen atoms in total. The van der Waals surface area contributed by atoms with Gasteiger partial charge in [0.05, 0.1) is 6.10 Å². The van der Waals surface area contributed by atoms with E-state index >= 15 is 0 Å². The van der Waals surface area contributed by atoms with Crippen molar-refractivity contribution in [2.24, 2.45) is 11.8 Å². The SMILES string of the molecule is O=C(CCC1CCCO1)C1C2CCc3ccccc3C21. The zero-order chi connectivity index (χ0) is 13.5. The largest absolute Gasteiger partial charge is 0.378 e. The highest BCUT2D eigenvalue weighted by Gasteiger charge is 2.56. The number of ether oxygens (including phenoxy) is 1. The number of fused-ring (bicyclic) bond motifs is 3. The van der Waals surface area contributed by atoms with Crippen molar-refractivity contribution < 1.29 is 9.53 Å². The molecule has 1 saturated heterocycles. The van der Waals surface area contributed by atoms with E-state index in [9.17, 15) is 4.79 Å². The second-order valence-electron chi connectivity index (χ2n) is 6.59. The quantitative estimate of drug-likeness (QED) is 0.837. The second-order valence-corrected chi connectivity index (χ2v) is 6.59. The Morgan fingerprint density at radius 3 is 3.00 bits per heavy atom. The number of benzene rings is 1. The Balaban J connectivity index is 1.40. The van der Waals surface area contributed by atoms with E-state index < -0.39 is 0 Å². The maximum atomic E-state index is 12.5. The van der Waals surface area contributed by atoms with Gasteiger partial charge in [0.1, 0.15) is 5.78 Å². The van der Waals surface area contributed by atoms with Crippen molar-refractivity contribution in [1.82, 2.24) is 0 Å². The van der Waals surface area contributed by atoms with E-state index in [0.29, 0.717) is 29.6 Å². The summed E-state index contributed by atoms with van der Waals surface area (Å²) in [5.41, 5.74) is 2.93. The molecule has 0 amide bonds. The zero-order valence-electron chi connectivity index (χ0n) is 11.9. The number of hydrogen-bond donors (Lipinski definition) is 0. The Kier molecular flexibility index (Phi) is 3.14. The van der Waals surface area contributed by atoms with Gasteiger partial charge in [0.25, 0.3) is 0 Å². The van der Waals surface area contributed by atoms with Crippen LogP contribution in [0.3, 0.4) is 0 Å². The average Bonchev–Trinajstić information content (AvgIpc) is 3.00. The fraction of sp³-hybridized carbons (Fsp3) is 0.611. The lowest BCUT2D eigenvalue weighted by molar-refractivity contribution is -0.121. The molecule has 20 heavy (non-hydrogen) atoms. The van der Waals surface area contributed by atoms with Gasteiger partial charge in [-0.2, -0.15) is 0 Å². The van der Waals surface area contributed by atoms with Crippen LogP contribution in [0.25, 0.3) is 0 Å². The Labute approximate surface area is 120 Å². The number of ketones is 1. The first kappa shape index (κ1) is 12.6. The molecule has 1 heterocycles.